The summed E-state index contributed by atoms with van der Waals surface area (Å²) in [6.45, 7) is 2.03. The molecule has 1 unspecified atom stereocenters. The van der Waals surface area contributed by atoms with Crippen molar-refractivity contribution in [2.45, 2.75) is 30.6 Å². The van der Waals surface area contributed by atoms with Crippen LogP contribution < -0.4 is 4.74 Å². The molecular weight excluding hydrogens is 452 g/mol. The third kappa shape index (κ3) is 4.80. The van der Waals surface area contributed by atoms with Crippen LogP contribution in [0.15, 0.2) is 59.9 Å². The Balaban J connectivity index is 1.29. The average Bonchev–Trinajstić information content (AvgIpc) is 3.62. The van der Waals surface area contributed by atoms with E-state index in [9.17, 15) is 4.79 Å². The minimum atomic E-state index is -0.362. The monoisotopic (exact) mass is 478 g/mol. The van der Waals surface area contributed by atoms with Gasteiger partial charge in [0.25, 0.3) is 0 Å². The molecule has 1 N–H and O–H groups in total. The molecule has 8 nitrogen and oxygen atoms in total. The molecule has 0 aliphatic carbocycles. The van der Waals surface area contributed by atoms with Gasteiger partial charge in [-0.2, -0.15) is 0 Å². The van der Waals surface area contributed by atoms with Gasteiger partial charge in [-0.25, -0.2) is 4.79 Å². The van der Waals surface area contributed by atoms with Gasteiger partial charge in [0.1, 0.15) is 5.75 Å². The van der Waals surface area contributed by atoms with Gasteiger partial charge < -0.3 is 19.2 Å². The van der Waals surface area contributed by atoms with E-state index in [2.05, 4.69) is 31.9 Å². The van der Waals surface area contributed by atoms with Gasteiger partial charge in [-0.05, 0) is 43.2 Å². The molecule has 4 aromatic rings. The zero-order chi connectivity index (χ0) is 23.3. The van der Waals surface area contributed by atoms with Crippen molar-refractivity contribution in [1.29, 1.82) is 0 Å². The highest BCUT2D eigenvalue weighted by atomic mass is 32.2. The zero-order valence-corrected chi connectivity index (χ0v) is 19.7. The van der Waals surface area contributed by atoms with Crippen molar-refractivity contribution in [2.75, 3.05) is 26.1 Å². The minimum absolute atomic E-state index is 0.170. The lowest BCUT2D eigenvalue weighted by atomic mass is 10.1. The summed E-state index contributed by atoms with van der Waals surface area (Å²) in [6.07, 6.45) is 4.29. The lowest BCUT2D eigenvalue weighted by Gasteiger charge is -2.14. The smallest absolute Gasteiger partial charge is 0.337 e. The maximum atomic E-state index is 11.6. The van der Waals surface area contributed by atoms with Crippen molar-refractivity contribution in [3.63, 3.8) is 0 Å². The Bertz CT molecular complexity index is 1260. The van der Waals surface area contributed by atoms with E-state index in [1.54, 1.807) is 36.0 Å². The molecule has 5 rings (SSSR count). The van der Waals surface area contributed by atoms with E-state index in [0.29, 0.717) is 23.7 Å². The van der Waals surface area contributed by atoms with Crippen LogP contribution in [0, 0.1) is 0 Å². The SMILES string of the molecule is COC(=O)c1ccc(OCCSc2nnc(-c3c[nH]c4ccccc34)n2CC2CCCO2)cc1. The summed E-state index contributed by atoms with van der Waals surface area (Å²) in [5.74, 6) is 1.89. The molecule has 0 saturated carbocycles. The van der Waals surface area contributed by atoms with Gasteiger partial charge >= 0.3 is 5.97 Å². The molecule has 1 fully saturated rings. The van der Waals surface area contributed by atoms with Crippen molar-refractivity contribution in [1.82, 2.24) is 19.7 Å². The van der Waals surface area contributed by atoms with Crippen LogP contribution in [0.4, 0.5) is 0 Å². The molecule has 0 radical (unpaired) electrons. The van der Waals surface area contributed by atoms with Crippen molar-refractivity contribution in [2.24, 2.45) is 0 Å². The van der Waals surface area contributed by atoms with Gasteiger partial charge in [0.05, 0.1) is 31.9 Å². The maximum Gasteiger partial charge on any atom is 0.337 e. The number of H-pyrrole nitrogens is 1. The van der Waals surface area contributed by atoms with Gasteiger partial charge in [-0.1, -0.05) is 30.0 Å². The van der Waals surface area contributed by atoms with E-state index in [-0.39, 0.29) is 12.1 Å². The fourth-order valence-electron chi connectivity index (χ4n) is 4.11. The number of rotatable bonds is 9. The Labute approximate surface area is 201 Å². The predicted octanol–water partition coefficient (Wildman–Crippen LogP) is 4.56. The van der Waals surface area contributed by atoms with Crippen LogP contribution in [0.1, 0.15) is 23.2 Å². The van der Waals surface area contributed by atoms with E-state index < -0.39 is 0 Å². The number of hydrogen-bond donors (Lipinski definition) is 1. The van der Waals surface area contributed by atoms with Crippen molar-refractivity contribution >= 4 is 28.6 Å². The Hall–Kier alpha value is -3.30. The molecule has 0 amide bonds. The Morgan fingerprint density at radius 2 is 2.06 bits per heavy atom. The number of thioether (sulfide) groups is 1. The van der Waals surface area contributed by atoms with Crippen LogP contribution in [-0.2, 0) is 16.0 Å². The van der Waals surface area contributed by atoms with Crippen LogP contribution in [0.5, 0.6) is 5.75 Å². The number of ether oxygens (including phenoxy) is 3. The number of aromatic amines is 1. The van der Waals surface area contributed by atoms with E-state index in [0.717, 1.165) is 53.4 Å². The molecule has 0 spiro atoms. The summed E-state index contributed by atoms with van der Waals surface area (Å²) in [5, 5.41) is 11.0. The minimum Gasteiger partial charge on any atom is -0.493 e. The topological polar surface area (TPSA) is 91.3 Å². The summed E-state index contributed by atoms with van der Waals surface area (Å²) < 4.78 is 18.6. The molecule has 34 heavy (non-hydrogen) atoms. The average molecular weight is 479 g/mol. The lowest BCUT2D eigenvalue weighted by molar-refractivity contribution is 0.0600. The van der Waals surface area contributed by atoms with Gasteiger partial charge in [0.2, 0.25) is 0 Å². The first kappa shape index (κ1) is 22.5. The second kappa shape index (κ2) is 10.3. The van der Waals surface area contributed by atoms with Crippen LogP contribution in [0.25, 0.3) is 22.3 Å². The fraction of sp³-hybridized carbons (Fsp3) is 0.320. The van der Waals surface area contributed by atoms with Crippen molar-refractivity contribution in [3.05, 3.63) is 60.3 Å². The third-order valence-electron chi connectivity index (χ3n) is 5.82. The summed E-state index contributed by atoms with van der Waals surface area (Å²) in [5.41, 5.74) is 2.61. The second-order valence-electron chi connectivity index (χ2n) is 8.01. The van der Waals surface area contributed by atoms with Crippen molar-refractivity contribution in [3.8, 4) is 17.1 Å². The second-order valence-corrected chi connectivity index (χ2v) is 9.07. The fourth-order valence-corrected chi connectivity index (χ4v) is 4.87. The third-order valence-corrected chi connectivity index (χ3v) is 6.75. The lowest BCUT2D eigenvalue weighted by Crippen LogP contribution is -2.17. The van der Waals surface area contributed by atoms with Gasteiger partial charge in [0.15, 0.2) is 11.0 Å². The molecular formula is C25H26N4O4S. The molecule has 2 aromatic carbocycles. The summed E-state index contributed by atoms with van der Waals surface area (Å²) >= 11 is 1.61. The molecule has 3 heterocycles. The Morgan fingerprint density at radius 3 is 2.85 bits per heavy atom. The summed E-state index contributed by atoms with van der Waals surface area (Å²) in [4.78, 5) is 14.9. The van der Waals surface area contributed by atoms with E-state index >= 15 is 0 Å². The molecule has 0 bridgehead atoms. The molecule has 1 atom stereocenters. The van der Waals surface area contributed by atoms with Crippen LogP contribution in [0.3, 0.4) is 0 Å². The van der Waals surface area contributed by atoms with Crippen molar-refractivity contribution < 1.29 is 19.0 Å². The maximum absolute atomic E-state index is 11.6. The molecule has 1 aliphatic rings. The molecule has 176 valence electrons. The largest absolute Gasteiger partial charge is 0.493 e. The van der Waals surface area contributed by atoms with Gasteiger partial charge in [0, 0.05) is 35.0 Å². The quantitative estimate of drug-likeness (QED) is 0.214. The first-order chi connectivity index (χ1) is 16.7. The standard InChI is InChI=1S/C25H26N4O4S/c1-31-24(30)17-8-10-18(11-9-17)33-13-14-34-25-28-27-23(29(25)16-19-5-4-12-32-19)21-15-26-22-7-3-2-6-20(21)22/h2-3,6-11,15,19,26H,4-5,12-14,16H2,1H3. The number of fused-ring (bicyclic) bond motifs is 1. The first-order valence-electron chi connectivity index (χ1n) is 11.3. The summed E-state index contributed by atoms with van der Waals surface area (Å²) in [7, 11) is 1.37. The normalized spacial score (nSPS) is 15.6. The Morgan fingerprint density at radius 1 is 1.21 bits per heavy atom. The molecule has 9 heteroatoms. The molecule has 2 aromatic heterocycles. The van der Waals surface area contributed by atoms with E-state index in [1.165, 1.54) is 7.11 Å². The van der Waals surface area contributed by atoms with E-state index in [4.69, 9.17) is 14.2 Å². The number of carbonyl (C=O) groups excluding carboxylic acids is 1. The highest BCUT2D eigenvalue weighted by Gasteiger charge is 2.23. The zero-order valence-electron chi connectivity index (χ0n) is 18.9. The number of carbonyl (C=O) groups is 1. The number of benzene rings is 2. The number of para-hydroxylation sites is 1. The Kier molecular flexibility index (Phi) is 6.82. The predicted molar refractivity (Wildman–Crippen MR) is 130 cm³/mol. The van der Waals surface area contributed by atoms with Crippen LogP contribution in [-0.4, -0.2) is 57.9 Å². The van der Waals surface area contributed by atoms with Crippen LogP contribution >= 0.6 is 11.8 Å². The number of nitrogens with one attached hydrogen (secondary N) is 1. The number of methoxy groups -OCH3 is 1. The number of nitrogens with zero attached hydrogens (tertiary/aromatic N) is 3. The van der Waals surface area contributed by atoms with E-state index in [1.807, 2.05) is 18.3 Å². The molecule has 1 saturated heterocycles. The highest BCUT2D eigenvalue weighted by Crippen LogP contribution is 2.31. The summed E-state index contributed by atoms with van der Waals surface area (Å²) in [6, 6.07) is 15.1. The highest BCUT2D eigenvalue weighted by molar-refractivity contribution is 7.99. The number of esters is 1. The first-order valence-corrected chi connectivity index (χ1v) is 12.3. The number of hydrogen-bond acceptors (Lipinski definition) is 7. The number of aromatic nitrogens is 4. The molecule has 1 aliphatic heterocycles. The van der Waals surface area contributed by atoms with Gasteiger partial charge in [-0.3, -0.25) is 4.57 Å². The van der Waals surface area contributed by atoms with Gasteiger partial charge in [-0.15, -0.1) is 10.2 Å². The van der Waals surface area contributed by atoms with Crippen LogP contribution in [0.2, 0.25) is 0 Å².